The van der Waals surface area contributed by atoms with E-state index < -0.39 is 0 Å². The molecule has 0 saturated heterocycles. The van der Waals surface area contributed by atoms with Crippen molar-refractivity contribution < 1.29 is 0 Å². The molecule has 2 aromatic rings. The van der Waals surface area contributed by atoms with Crippen LogP contribution in [0.1, 0.15) is 24.0 Å². The summed E-state index contributed by atoms with van der Waals surface area (Å²) in [5.41, 5.74) is 5.71. The highest BCUT2D eigenvalue weighted by Crippen LogP contribution is 2.12. The van der Waals surface area contributed by atoms with Gasteiger partial charge in [0.1, 0.15) is 0 Å². The lowest BCUT2D eigenvalue weighted by molar-refractivity contribution is 0.477. The van der Waals surface area contributed by atoms with Gasteiger partial charge in [-0.15, -0.1) is 0 Å². The molecule has 0 aliphatic rings. The van der Waals surface area contributed by atoms with Crippen molar-refractivity contribution in [1.82, 2.24) is 5.43 Å². The van der Waals surface area contributed by atoms with Gasteiger partial charge in [-0.3, -0.25) is 11.3 Å². The molecule has 0 spiro atoms. The first-order chi connectivity index (χ1) is 8.88. The first-order valence-corrected chi connectivity index (χ1v) is 7.34. The fourth-order valence-electron chi connectivity index (χ4n) is 2.13. The quantitative estimate of drug-likeness (QED) is 0.593. The number of benzene rings is 1. The van der Waals surface area contributed by atoms with Crippen molar-refractivity contribution in [3.8, 4) is 0 Å². The van der Waals surface area contributed by atoms with Crippen LogP contribution < -0.4 is 11.3 Å². The van der Waals surface area contributed by atoms with Gasteiger partial charge in [0.25, 0.3) is 0 Å². The molecule has 1 aromatic carbocycles. The van der Waals surface area contributed by atoms with Crippen LogP contribution in [-0.4, -0.2) is 6.04 Å². The highest BCUT2D eigenvalue weighted by molar-refractivity contribution is 7.07. The summed E-state index contributed by atoms with van der Waals surface area (Å²) in [7, 11) is 0. The number of hydrogen-bond donors (Lipinski definition) is 2. The second-order valence-corrected chi connectivity index (χ2v) is 5.36. The minimum Gasteiger partial charge on any atom is -0.271 e. The van der Waals surface area contributed by atoms with Gasteiger partial charge in [-0.1, -0.05) is 30.3 Å². The first-order valence-electron chi connectivity index (χ1n) is 6.39. The normalized spacial score (nSPS) is 12.5. The SMILES string of the molecule is NNC(CCCc1ccccc1)Cc1ccsc1. The van der Waals surface area contributed by atoms with Gasteiger partial charge in [0, 0.05) is 6.04 Å². The number of aryl methyl sites for hydroxylation is 1. The van der Waals surface area contributed by atoms with E-state index in [-0.39, 0.29) is 0 Å². The van der Waals surface area contributed by atoms with Crippen molar-refractivity contribution in [2.75, 3.05) is 0 Å². The van der Waals surface area contributed by atoms with Crippen LogP contribution in [0.3, 0.4) is 0 Å². The molecule has 1 atom stereocenters. The van der Waals surface area contributed by atoms with E-state index in [2.05, 4.69) is 52.6 Å². The molecule has 3 heteroatoms. The van der Waals surface area contributed by atoms with E-state index in [9.17, 15) is 0 Å². The third-order valence-electron chi connectivity index (χ3n) is 3.16. The zero-order chi connectivity index (χ0) is 12.6. The summed E-state index contributed by atoms with van der Waals surface area (Å²) in [6, 6.07) is 13.2. The number of rotatable bonds is 7. The van der Waals surface area contributed by atoms with Crippen molar-refractivity contribution in [3.05, 3.63) is 58.3 Å². The summed E-state index contributed by atoms with van der Waals surface area (Å²) in [4.78, 5) is 0. The molecule has 0 aliphatic carbocycles. The molecular formula is C15H20N2S. The van der Waals surface area contributed by atoms with Gasteiger partial charge in [-0.2, -0.15) is 11.3 Å². The molecule has 1 unspecified atom stereocenters. The smallest absolute Gasteiger partial charge is 0.0251 e. The average Bonchev–Trinajstić information content (AvgIpc) is 2.92. The van der Waals surface area contributed by atoms with E-state index in [1.165, 1.54) is 17.5 Å². The number of nitrogens with two attached hydrogens (primary N) is 1. The Balaban J connectivity index is 1.74. The second kappa shape index (κ2) is 7.31. The number of hydrazine groups is 1. The molecule has 0 radical (unpaired) electrons. The van der Waals surface area contributed by atoms with Gasteiger partial charge in [-0.25, -0.2) is 0 Å². The molecule has 0 aliphatic heterocycles. The molecule has 18 heavy (non-hydrogen) atoms. The second-order valence-electron chi connectivity index (χ2n) is 4.58. The molecule has 96 valence electrons. The largest absolute Gasteiger partial charge is 0.271 e. The Labute approximate surface area is 113 Å². The maximum absolute atomic E-state index is 5.62. The Morgan fingerprint density at radius 3 is 2.61 bits per heavy atom. The standard InChI is InChI=1S/C15H20N2S/c16-17-15(11-14-9-10-18-12-14)8-4-7-13-5-2-1-3-6-13/h1-3,5-6,9-10,12,15,17H,4,7-8,11,16H2. The van der Waals surface area contributed by atoms with Crippen LogP contribution in [0.2, 0.25) is 0 Å². The fourth-order valence-corrected chi connectivity index (χ4v) is 2.82. The van der Waals surface area contributed by atoms with Crippen molar-refractivity contribution >= 4 is 11.3 Å². The molecule has 0 amide bonds. The molecule has 3 N–H and O–H groups in total. The number of nitrogens with one attached hydrogen (secondary N) is 1. The van der Waals surface area contributed by atoms with E-state index in [1.807, 2.05) is 0 Å². The third-order valence-corrected chi connectivity index (χ3v) is 3.89. The van der Waals surface area contributed by atoms with Crippen LogP contribution >= 0.6 is 11.3 Å². The summed E-state index contributed by atoms with van der Waals surface area (Å²) in [5, 5.41) is 4.31. The zero-order valence-electron chi connectivity index (χ0n) is 10.5. The van der Waals surface area contributed by atoms with Gasteiger partial charge in [0.2, 0.25) is 0 Å². The van der Waals surface area contributed by atoms with Crippen molar-refractivity contribution in [2.45, 2.75) is 31.7 Å². The molecule has 2 nitrogen and oxygen atoms in total. The Morgan fingerprint density at radius 1 is 1.11 bits per heavy atom. The van der Waals surface area contributed by atoms with Gasteiger partial charge in [-0.05, 0) is 53.6 Å². The van der Waals surface area contributed by atoms with Crippen molar-refractivity contribution in [3.63, 3.8) is 0 Å². The minimum absolute atomic E-state index is 0.378. The van der Waals surface area contributed by atoms with Crippen molar-refractivity contribution in [2.24, 2.45) is 5.84 Å². The van der Waals surface area contributed by atoms with Crippen molar-refractivity contribution in [1.29, 1.82) is 0 Å². The fraction of sp³-hybridized carbons (Fsp3) is 0.333. The van der Waals surface area contributed by atoms with E-state index in [0.717, 1.165) is 19.3 Å². The zero-order valence-corrected chi connectivity index (χ0v) is 11.3. The average molecular weight is 260 g/mol. The Morgan fingerprint density at radius 2 is 1.94 bits per heavy atom. The summed E-state index contributed by atoms with van der Waals surface area (Å²) in [6.45, 7) is 0. The van der Waals surface area contributed by atoms with E-state index in [4.69, 9.17) is 5.84 Å². The molecule has 0 saturated carbocycles. The van der Waals surface area contributed by atoms with Gasteiger partial charge in [0.15, 0.2) is 0 Å². The lowest BCUT2D eigenvalue weighted by Gasteiger charge is -2.14. The predicted octanol–water partition coefficient (Wildman–Crippen LogP) is 3.15. The highest BCUT2D eigenvalue weighted by Gasteiger charge is 2.07. The predicted molar refractivity (Wildman–Crippen MR) is 78.5 cm³/mol. The number of hydrogen-bond acceptors (Lipinski definition) is 3. The van der Waals surface area contributed by atoms with Crippen LogP contribution in [0, 0.1) is 0 Å². The lowest BCUT2D eigenvalue weighted by Crippen LogP contribution is -2.36. The minimum atomic E-state index is 0.378. The van der Waals surface area contributed by atoms with Gasteiger partial charge < -0.3 is 0 Å². The summed E-state index contributed by atoms with van der Waals surface area (Å²) in [6.07, 6.45) is 4.43. The highest BCUT2D eigenvalue weighted by atomic mass is 32.1. The Hall–Kier alpha value is -1.16. The topological polar surface area (TPSA) is 38.0 Å². The maximum atomic E-state index is 5.62. The number of thiophene rings is 1. The van der Waals surface area contributed by atoms with E-state index in [0.29, 0.717) is 6.04 Å². The van der Waals surface area contributed by atoms with Crippen LogP contribution in [0.4, 0.5) is 0 Å². The monoisotopic (exact) mass is 260 g/mol. The summed E-state index contributed by atoms with van der Waals surface area (Å²) in [5.74, 6) is 5.62. The van der Waals surface area contributed by atoms with E-state index in [1.54, 1.807) is 11.3 Å². The van der Waals surface area contributed by atoms with Gasteiger partial charge >= 0.3 is 0 Å². The molecule has 0 fully saturated rings. The van der Waals surface area contributed by atoms with Crippen LogP contribution in [0.25, 0.3) is 0 Å². The lowest BCUT2D eigenvalue weighted by atomic mass is 10.0. The molecule has 1 heterocycles. The molecule has 2 rings (SSSR count). The third kappa shape index (κ3) is 4.26. The Bertz CT molecular complexity index is 425. The van der Waals surface area contributed by atoms with Crippen LogP contribution in [0.15, 0.2) is 47.2 Å². The Kier molecular flexibility index (Phi) is 5.39. The maximum Gasteiger partial charge on any atom is 0.0251 e. The van der Waals surface area contributed by atoms with E-state index >= 15 is 0 Å². The first kappa shape index (κ1) is 13.3. The summed E-state index contributed by atoms with van der Waals surface area (Å²) < 4.78 is 0. The molecular weight excluding hydrogens is 240 g/mol. The van der Waals surface area contributed by atoms with Crippen LogP contribution in [0.5, 0.6) is 0 Å². The van der Waals surface area contributed by atoms with Gasteiger partial charge in [0.05, 0.1) is 0 Å². The van der Waals surface area contributed by atoms with Crippen LogP contribution in [-0.2, 0) is 12.8 Å². The molecule has 0 bridgehead atoms. The summed E-state index contributed by atoms with van der Waals surface area (Å²) >= 11 is 1.74. The molecule has 1 aromatic heterocycles.